The highest BCUT2D eigenvalue weighted by atomic mass is 14.9. The second-order valence-corrected chi connectivity index (χ2v) is 3.65. The third-order valence-electron chi connectivity index (χ3n) is 2.66. The van der Waals surface area contributed by atoms with Crippen LogP contribution < -0.4 is 5.32 Å². The first kappa shape index (κ1) is 8.30. The van der Waals surface area contributed by atoms with E-state index in [2.05, 4.69) is 53.9 Å². The Labute approximate surface area is 89.1 Å². The smallest absolute Gasteiger partial charge is 0.0459 e. The molecular weight excluding hydrogens is 182 g/mol. The van der Waals surface area contributed by atoms with Crippen molar-refractivity contribution in [3.63, 3.8) is 0 Å². The normalized spacial score (nSPS) is 16.8. The van der Waals surface area contributed by atoms with Gasteiger partial charge in [0.2, 0.25) is 0 Å². The van der Waals surface area contributed by atoms with E-state index in [-0.39, 0.29) is 0 Å². The van der Waals surface area contributed by atoms with Crippen LogP contribution in [0, 0.1) is 0 Å². The molecule has 0 spiro atoms. The summed E-state index contributed by atoms with van der Waals surface area (Å²) in [5.74, 6) is 0. The lowest BCUT2D eigenvalue weighted by atomic mass is 10.1. The highest BCUT2D eigenvalue weighted by Gasteiger charge is 2.08. The molecule has 0 aromatic heterocycles. The number of benzene rings is 1. The monoisotopic (exact) mass is 193 g/mol. The van der Waals surface area contributed by atoms with Crippen molar-refractivity contribution in [2.45, 2.75) is 0 Å². The van der Waals surface area contributed by atoms with Crippen LogP contribution in [0.3, 0.4) is 0 Å². The van der Waals surface area contributed by atoms with Crippen molar-refractivity contribution in [1.29, 1.82) is 0 Å². The maximum Gasteiger partial charge on any atom is 0.0459 e. The SMILES string of the molecule is C1=CNC2=Cc3ccccc3C=CC2=C1. The van der Waals surface area contributed by atoms with Crippen molar-refractivity contribution < 1.29 is 0 Å². The van der Waals surface area contributed by atoms with E-state index in [1.807, 2.05) is 12.3 Å². The number of hydrogen-bond donors (Lipinski definition) is 1. The summed E-state index contributed by atoms with van der Waals surface area (Å²) >= 11 is 0. The fraction of sp³-hybridized carbons (Fsp3) is 0. The first-order valence-corrected chi connectivity index (χ1v) is 5.06. The van der Waals surface area contributed by atoms with E-state index in [0.29, 0.717) is 0 Å². The van der Waals surface area contributed by atoms with Crippen molar-refractivity contribution in [3.05, 3.63) is 71.1 Å². The van der Waals surface area contributed by atoms with Gasteiger partial charge in [-0.2, -0.15) is 0 Å². The summed E-state index contributed by atoms with van der Waals surface area (Å²) in [6, 6.07) is 8.40. The molecule has 1 heteroatoms. The minimum Gasteiger partial charge on any atom is -0.361 e. The number of fused-ring (bicyclic) bond motifs is 2. The average Bonchev–Trinajstić information content (AvgIpc) is 2.48. The second-order valence-electron chi connectivity index (χ2n) is 3.65. The van der Waals surface area contributed by atoms with E-state index in [1.165, 1.54) is 22.4 Å². The summed E-state index contributed by atoms with van der Waals surface area (Å²) in [7, 11) is 0. The lowest BCUT2D eigenvalue weighted by molar-refractivity contribution is 1.08. The Balaban J connectivity index is 2.20. The van der Waals surface area contributed by atoms with Crippen LogP contribution in [-0.4, -0.2) is 0 Å². The van der Waals surface area contributed by atoms with E-state index >= 15 is 0 Å². The number of dihydropyridines is 1. The third-order valence-corrected chi connectivity index (χ3v) is 2.66. The van der Waals surface area contributed by atoms with E-state index in [0.717, 1.165) is 0 Å². The summed E-state index contributed by atoms with van der Waals surface area (Å²) in [4.78, 5) is 0. The minimum atomic E-state index is 1.17. The molecule has 1 aromatic rings. The van der Waals surface area contributed by atoms with Gasteiger partial charge in [-0.3, -0.25) is 0 Å². The van der Waals surface area contributed by atoms with Crippen LogP contribution in [0.4, 0.5) is 0 Å². The van der Waals surface area contributed by atoms with Crippen LogP contribution in [0.15, 0.2) is 60.0 Å². The largest absolute Gasteiger partial charge is 0.361 e. The van der Waals surface area contributed by atoms with Crippen molar-refractivity contribution in [3.8, 4) is 0 Å². The van der Waals surface area contributed by atoms with Crippen LogP contribution in [0.1, 0.15) is 11.1 Å². The zero-order chi connectivity index (χ0) is 10.1. The van der Waals surface area contributed by atoms with Crippen molar-refractivity contribution >= 4 is 12.2 Å². The Hall–Kier alpha value is -2.02. The Kier molecular flexibility index (Phi) is 1.82. The van der Waals surface area contributed by atoms with Crippen LogP contribution in [0.5, 0.6) is 0 Å². The highest BCUT2D eigenvalue weighted by molar-refractivity contribution is 5.75. The Morgan fingerprint density at radius 1 is 0.933 bits per heavy atom. The molecule has 1 aliphatic carbocycles. The molecule has 0 saturated carbocycles. The van der Waals surface area contributed by atoms with Gasteiger partial charge in [-0.25, -0.2) is 0 Å². The number of rotatable bonds is 0. The molecule has 1 nitrogen and oxygen atoms in total. The Morgan fingerprint density at radius 3 is 2.73 bits per heavy atom. The molecule has 1 N–H and O–H groups in total. The molecule has 0 radical (unpaired) electrons. The van der Waals surface area contributed by atoms with Crippen molar-refractivity contribution in [1.82, 2.24) is 5.32 Å². The van der Waals surface area contributed by atoms with Crippen molar-refractivity contribution in [2.75, 3.05) is 0 Å². The van der Waals surface area contributed by atoms with Gasteiger partial charge >= 0.3 is 0 Å². The van der Waals surface area contributed by atoms with Gasteiger partial charge in [0.15, 0.2) is 0 Å². The van der Waals surface area contributed by atoms with Crippen LogP contribution >= 0.6 is 0 Å². The van der Waals surface area contributed by atoms with Gasteiger partial charge in [-0.1, -0.05) is 42.5 Å². The van der Waals surface area contributed by atoms with Crippen molar-refractivity contribution in [2.24, 2.45) is 0 Å². The topological polar surface area (TPSA) is 12.0 Å². The molecular formula is C14H11N. The lowest BCUT2D eigenvalue weighted by Crippen LogP contribution is -2.08. The molecule has 1 aromatic carbocycles. The molecule has 0 amide bonds. The zero-order valence-corrected chi connectivity index (χ0v) is 8.27. The predicted molar refractivity (Wildman–Crippen MR) is 63.8 cm³/mol. The van der Waals surface area contributed by atoms with Gasteiger partial charge in [-0.15, -0.1) is 0 Å². The molecule has 0 fully saturated rings. The standard InChI is InChI=1S/C14H11N/c1-2-5-13-10-14-12(6-3-9-15-14)8-7-11(13)4-1/h1-10,15H. The van der Waals surface area contributed by atoms with Gasteiger partial charge in [0.25, 0.3) is 0 Å². The van der Waals surface area contributed by atoms with Crippen LogP contribution in [0.25, 0.3) is 12.2 Å². The zero-order valence-electron chi connectivity index (χ0n) is 8.27. The van der Waals surface area contributed by atoms with Gasteiger partial charge in [0.1, 0.15) is 0 Å². The fourth-order valence-electron chi connectivity index (χ4n) is 1.86. The fourth-order valence-corrected chi connectivity index (χ4v) is 1.86. The van der Waals surface area contributed by atoms with E-state index in [1.54, 1.807) is 0 Å². The molecule has 0 unspecified atom stereocenters. The molecule has 0 saturated heterocycles. The maximum atomic E-state index is 3.26. The number of allylic oxidation sites excluding steroid dienone is 3. The van der Waals surface area contributed by atoms with E-state index < -0.39 is 0 Å². The molecule has 1 heterocycles. The van der Waals surface area contributed by atoms with Gasteiger partial charge < -0.3 is 5.32 Å². The molecule has 2 aliphatic rings. The number of nitrogens with one attached hydrogen (secondary N) is 1. The van der Waals surface area contributed by atoms with Gasteiger partial charge in [0.05, 0.1) is 0 Å². The molecule has 0 bridgehead atoms. The van der Waals surface area contributed by atoms with Crippen LogP contribution in [-0.2, 0) is 0 Å². The van der Waals surface area contributed by atoms with Crippen LogP contribution in [0.2, 0.25) is 0 Å². The third kappa shape index (κ3) is 1.42. The molecule has 3 rings (SSSR count). The predicted octanol–water partition coefficient (Wildman–Crippen LogP) is 3.10. The average molecular weight is 193 g/mol. The first-order chi connectivity index (χ1) is 7.43. The Morgan fingerprint density at radius 2 is 1.80 bits per heavy atom. The highest BCUT2D eigenvalue weighted by Crippen LogP contribution is 2.24. The Bertz CT molecular complexity index is 516. The quantitative estimate of drug-likeness (QED) is 0.667. The second kappa shape index (κ2) is 3.28. The minimum absolute atomic E-state index is 1.17. The number of hydrogen-bond acceptors (Lipinski definition) is 1. The lowest BCUT2D eigenvalue weighted by Gasteiger charge is -2.10. The summed E-state index contributed by atoms with van der Waals surface area (Å²) < 4.78 is 0. The van der Waals surface area contributed by atoms with E-state index in [9.17, 15) is 0 Å². The molecule has 15 heavy (non-hydrogen) atoms. The summed E-state index contributed by atoms with van der Waals surface area (Å²) in [6.07, 6.45) is 12.6. The molecule has 72 valence electrons. The van der Waals surface area contributed by atoms with Gasteiger partial charge in [-0.05, 0) is 28.9 Å². The summed E-state index contributed by atoms with van der Waals surface area (Å²) in [5.41, 5.74) is 4.92. The molecule has 0 atom stereocenters. The molecule has 1 aliphatic heterocycles. The summed E-state index contributed by atoms with van der Waals surface area (Å²) in [6.45, 7) is 0. The summed E-state index contributed by atoms with van der Waals surface area (Å²) in [5, 5.41) is 3.26. The van der Waals surface area contributed by atoms with Gasteiger partial charge in [0, 0.05) is 11.9 Å². The van der Waals surface area contributed by atoms with E-state index in [4.69, 9.17) is 0 Å². The maximum absolute atomic E-state index is 3.26. The first-order valence-electron chi connectivity index (χ1n) is 5.06.